The number of imidazole rings is 1. The van der Waals surface area contributed by atoms with Gasteiger partial charge in [0.05, 0.1) is 11.6 Å². The van der Waals surface area contributed by atoms with E-state index in [1.807, 2.05) is 0 Å². The molecule has 0 saturated carbocycles. The van der Waals surface area contributed by atoms with E-state index in [2.05, 4.69) is 9.97 Å². The maximum Gasteiger partial charge on any atom is 0.306 e. The van der Waals surface area contributed by atoms with Crippen LogP contribution in [0.5, 0.6) is 0 Å². The van der Waals surface area contributed by atoms with Crippen LogP contribution in [0.2, 0.25) is 0 Å². The first kappa shape index (κ1) is 11.7. The molecule has 1 aromatic rings. The Morgan fingerprint density at radius 1 is 1.39 bits per heavy atom. The monoisotopic (exact) mass is 250 g/mol. The van der Waals surface area contributed by atoms with Crippen LogP contribution in [0.4, 0.5) is 0 Å². The minimum absolute atomic E-state index is 0.0765. The summed E-state index contributed by atoms with van der Waals surface area (Å²) in [6.45, 7) is 0.799. The van der Waals surface area contributed by atoms with Crippen molar-refractivity contribution in [3.63, 3.8) is 0 Å². The summed E-state index contributed by atoms with van der Waals surface area (Å²) in [6, 6.07) is 0. The van der Waals surface area contributed by atoms with E-state index in [1.165, 1.54) is 6.42 Å². The highest BCUT2D eigenvalue weighted by atomic mass is 16.5. The molecule has 2 heterocycles. The van der Waals surface area contributed by atoms with Gasteiger partial charge >= 0.3 is 5.97 Å². The van der Waals surface area contributed by atoms with Crippen LogP contribution >= 0.6 is 0 Å². The first-order chi connectivity index (χ1) is 8.74. The molecule has 1 aromatic heterocycles. The fourth-order valence-electron chi connectivity index (χ4n) is 2.82. The number of carboxylic acids is 1. The molecule has 3 rings (SSSR count). The Bertz CT molecular complexity index is 449. The first-order valence-corrected chi connectivity index (χ1v) is 6.66. The highest BCUT2D eigenvalue weighted by Crippen LogP contribution is 2.30. The van der Waals surface area contributed by atoms with Crippen LogP contribution in [0, 0.1) is 5.92 Å². The molecule has 18 heavy (non-hydrogen) atoms. The molecule has 2 atom stereocenters. The number of ether oxygens (including phenoxy) is 1. The zero-order valence-electron chi connectivity index (χ0n) is 10.3. The van der Waals surface area contributed by atoms with Gasteiger partial charge in [0.15, 0.2) is 0 Å². The molecule has 0 bridgehead atoms. The van der Waals surface area contributed by atoms with Gasteiger partial charge in [-0.3, -0.25) is 4.79 Å². The number of H-pyrrole nitrogens is 1. The van der Waals surface area contributed by atoms with Crippen LogP contribution in [0.3, 0.4) is 0 Å². The second kappa shape index (κ2) is 4.72. The zero-order valence-corrected chi connectivity index (χ0v) is 10.3. The smallest absolute Gasteiger partial charge is 0.306 e. The van der Waals surface area contributed by atoms with Crippen molar-refractivity contribution in [2.75, 3.05) is 6.61 Å². The number of hydrogen-bond acceptors (Lipinski definition) is 3. The Hall–Kier alpha value is -1.36. The van der Waals surface area contributed by atoms with Gasteiger partial charge in [-0.1, -0.05) is 0 Å². The SMILES string of the molecule is O=C(O)C1CCc2nc(C3CCCCO3)[nH]c2C1. The highest BCUT2D eigenvalue weighted by molar-refractivity contribution is 5.70. The summed E-state index contributed by atoms with van der Waals surface area (Å²) in [5.41, 5.74) is 2.04. The van der Waals surface area contributed by atoms with Gasteiger partial charge in [-0.05, 0) is 32.1 Å². The third-order valence-corrected chi connectivity index (χ3v) is 3.90. The topological polar surface area (TPSA) is 75.2 Å². The molecule has 1 aliphatic heterocycles. The molecule has 0 radical (unpaired) electrons. The molecule has 2 N–H and O–H groups in total. The van der Waals surface area contributed by atoms with Crippen LogP contribution in [0.15, 0.2) is 0 Å². The lowest BCUT2D eigenvalue weighted by atomic mass is 9.90. The lowest BCUT2D eigenvalue weighted by molar-refractivity contribution is -0.142. The standard InChI is InChI=1S/C13H18N2O3/c16-13(17)8-4-5-9-10(7-8)15-12(14-9)11-3-1-2-6-18-11/h8,11H,1-7H2,(H,14,15)(H,16,17). The average molecular weight is 250 g/mol. The molecule has 1 fully saturated rings. The molecule has 1 aliphatic carbocycles. The Morgan fingerprint density at radius 3 is 3.00 bits per heavy atom. The quantitative estimate of drug-likeness (QED) is 0.839. The lowest BCUT2D eigenvalue weighted by Gasteiger charge is -2.20. The van der Waals surface area contributed by atoms with Crippen molar-refractivity contribution in [1.82, 2.24) is 9.97 Å². The second-order valence-corrected chi connectivity index (χ2v) is 5.18. The van der Waals surface area contributed by atoms with E-state index in [-0.39, 0.29) is 12.0 Å². The Labute approximate surface area is 106 Å². The maximum atomic E-state index is 11.0. The van der Waals surface area contributed by atoms with Gasteiger partial charge < -0.3 is 14.8 Å². The minimum Gasteiger partial charge on any atom is -0.481 e. The largest absolute Gasteiger partial charge is 0.481 e. The first-order valence-electron chi connectivity index (χ1n) is 6.66. The van der Waals surface area contributed by atoms with Crippen LogP contribution in [-0.2, 0) is 22.4 Å². The van der Waals surface area contributed by atoms with E-state index in [0.29, 0.717) is 12.8 Å². The number of fused-ring (bicyclic) bond motifs is 1. The Morgan fingerprint density at radius 2 is 2.28 bits per heavy atom. The lowest BCUT2D eigenvalue weighted by Crippen LogP contribution is -2.22. The third-order valence-electron chi connectivity index (χ3n) is 3.90. The summed E-state index contributed by atoms with van der Waals surface area (Å²) in [5, 5.41) is 9.06. The molecule has 2 unspecified atom stereocenters. The fraction of sp³-hybridized carbons (Fsp3) is 0.692. The summed E-state index contributed by atoms with van der Waals surface area (Å²) in [6.07, 6.45) is 5.41. The number of nitrogens with one attached hydrogen (secondary N) is 1. The normalized spacial score (nSPS) is 27.8. The summed E-state index contributed by atoms with van der Waals surface area (Å²) in [4.78, 5) is 18.9. The van der Waals surface area contributed by atoms with Gasteiger partial charge in [-0.2, -0.15) is 0 Å². The molecule has 2 aliphatic rings. The highest BCUT2D eigenvalue weighted by Gasteiger charge is 2.28. The van der Waals surface area contributed by atoms with Crippen molar-refractivity contribution in [2.24, 2.45) is 5.92 Å². The van der Waals surface area contributed by atoms with Crippen molar-refractivity contribution in [3.05, 3.63) is 17.2 Å². The minimum atomic E-state index is -0.703. The van der Waals surface area contributed by atoms with E-state index in [9.17, 15) is 4.79 Å². The zero-order chi connectivity index (χ0) is 12.5. The fourth-order valence-corrected chi connectivity index (χ4v) is 2.82. The Balaban J connectivity index is 1.78. The molecule has 0 amide bonds. The molecule has 5 nitrogen and oxygen atoms in total. The van der Waals surface area contributed by atoms with Gasteiger partial charge in [0, 0.05) is 18.7 Å². The van der Waals surface area contributed by atoms with Crippen LogP contribution in [0.25, 0.3) is 0 Å². The van der Waals surface area contributed by atoms with E-state index in [4.69, 9.17) is 9.84 Å². The molecule has 0 aromatic carbocycles. The van der Waals surface area contributed by atoms with Crippen molar-refractivity contribution in [2.45, 2.75) is 44.6 Å². The number of aliphatic carboxylic acids is 1. The molecule has 5 heteroatoms. The van der Waals surface area contributed by atoms with Gasteiger partial charge in [0.1, 0.15) is 11.9 Å². The van der Waals surface area contributed by atoms with Crippen molar-refractivity contribution in [1.29, 1.82) is 0 Å². The number of aryl methyl sites for hydroxylation is 1. The van der Waals surface area contributed by atoms with E-state index in [0.717, 1.165) is 43.1 Å². The van der Waals surface area contributed by atoms with E-state index >= 15 is 0 Å². The summed E-state index contributed by atoms with van der Waals surface area (Å²) >= 11 is 0. The predicted octanol–water partition coefficient (Wildman–Crippen LogP) is 1.84. The van der Waals surface area contributed by atoms with Crippen LogP contribution < -0.4 is 0 Å². The summed E-state index contributed by atoms with van der Waals surface area (Å²) in [5.74, 6) is -0.0745. The summed E-state index contributed by atoms with van der Waals surface area (Å²) < 4.78 is 5.71. The molecular formula is C13H18N2O3. The van der Waals surface area contributed by atoms with Crippen molar-refractivity contribution in [3.8, 4) is 0 Å². The number of carboxylic acid groups (broad SMARTS) is 1. The molecule has 1 saturated heterocycles. The number of carbonyl (C=O) groups is 1. The second-order valence-electron chi connectivity index (χ2n) is 5.18. The number of rotatable bonds is 2. The number of aromatic amines is 1. The number of nitrogens with zero attached hydrogens (tertiary/aromatic N) is 1. The molecular weight excluding hydrogens is 232 g/mol. The Kier molecular flexibility index (Phi) is 3.07. The van der Waals surface area contributed by atoms with Gasteiger partial charge in [-0.15, -0.1) is 0 Å². The summed E-state index contributed by atoms with van der Waals surface area (Å²) in [7, 11) is 0. The van der Waals surface area contributed by atoms with Crippen molar-refractivity contribution < 1.29 is 14.6 Å². The van der Waals surface area contributed by atoms with Gasteiger partial charge in [0.25, 0.3) is 0 Å². The van der Waals surface area contributed by atoms with E-state index in [1.54, 1.807) is 0 Å². The van der Waals surface area contributed by atoms with E-state index < -0.39 is 5.97 Å². The third kappa shape index (κ3) is 2.14. The predicted molar refractivity (Wildman–Crippen MR) is 64.3 cm³/mol. The van der Waals surface area contributed by atoms with Gasteiger partial charge in [-0.25, -0.2) is 4.98 Å². The average Bonchev–Trinajstić information content (AvgIpc) is 2.82. The molecule has 0 spiro atoms. The van der Waals surface area contributed by atoms with Crippen molar-refractivity contribution >= 4 is 5.97 Å². The maximum absolute atomic E-state index is 11.0. The number of hydrogen-bond donors (Lipinski definition) is 2. The van der Waals surface area contributed by atoms with Crippen LogP contribution in [-0.4, -0.2) is 27.7 Å². The molecule has 98 valence electrons. The van der Waals surface area contributed by atoms with Gasteiger partial charge in [0.2, 0.25) is 0 Å². The number of aromatic nitrogens is 2. The van der Waals surface area contributed by atoms with Crippen LogP contribution in [0.1, 0.15) is 49.0 Å².